The number of nitrogens with zero attached hydrogens (tertiary/aromatic N) is 1. The molecule has 0 radical (unpaired) electrons. The number of aliphatic hydroxyl groups is 1. The summed E-state index contributed by atoms with van der Waals surface area (Å²) in [5, 5.41) is 28.6. The Balaban J connectivity index is 1.74. The number of para-hydroxylation sites is 1. The van der Waals surface area contributed by atoms with Crippen molar-refractivity contribution in [1.82, 2.24) is 0 Å². The van der Waals surface area contributed by atoms with Crippen LogP contribution < -0.4 is 5.32 Å². The first kappa shape index (κ1) is 15.4. The van der Waals surface area contributed by atoms with E-state index in [1.807, 2.05) is 42.5 Å². The Hall–Kier alpha value is -3.18. The first-order valence-corrected chi connectivity index (χ1v) is 7.95. The third-order valence-electron chi connectivity index (χ3n) is 4.62. The Morgan fingerprint density at radius 2 is 1.72 bits per heavy atom. The molecule has 124 valence electrons. The summed E-state index contributed by atoms with van der Waals surface area (Å²) in [5.74, 6) is -0.518. The van der Waals surface area contributed by atoms with Gasteiger partial charge in [0.2, 0.25) is 0 Å². The van der Waals surface area contributed by atoms with E-state index in [-0.39, 0.29) is 12.1 Å². The lowest BCUT2D eigenvalue weighted by atomic mass is 9.87. The number of nitrogens with one attached hydrogen (secondary N) is 1. The summed E-state index contributed by atoms with van der Waals surface area (Å²) in [6.45, 7) is 0. The summed E-state index contributed by atoms with van der Waals surface area (Å²) >= 11 is 0. The lowest BCUT2D eigenvalue weighted by Gasteiger charge is -2.21. The van der Waals surface area contributed by atoms with Gasteiger partial charge in [-0.3, -0.25) is 4.79 Å². The van der Waals surface area contributed by atoms with Crippen LogP contribution >= 0.6 is 0 Å². The second-order valence-electron chi connectivity index (χ2n) is 6.15. The topological polar surface area (TPSA) is 81.9 Å². The molecule has 3 aromatic rings. The molecule has 0 aromatic heterocycles. The fourth-order valence-corrected chi connectivity index (χ4v) is 3.28. The molecule has 1 atom stereocenters. The van der Waals surface area contributed by atoms with Crippen molar-refractivity contribution in [2.75, 3.05) is 5.32 Å². The molecule has 0 fully saturated rings. The van der Waals surface area contributed by atoms with Gasteiger partial charge in [0.25, 0.3) is 5.91 Å². The first-order valence-electron chi connectivity index (χ1n) is 7.95. The van der Waals surface area contributed by atoms with Crippen molar-refractivity contribution in [3.63, 3.8) is 0 Å². The highest BCUT2D eigenvalue weighted by atomic mass is 16.4. The smallest absolute Gasteiger partial charge is 0.261 e. The summed E-state index contributed by atoms with van der Waals surface area (Å²) in [7, 11) is 0. The molecule has 1 amide bonds. The van der Waals surface area contributed by atoms with Crippen LogP contribution in [0.2, 0.25) is 0 Å². The SMILES string of the molecule is O=C1Nc2ccccc2[C@]1(O)C/C(=N/O)c1ccc2ccccc2c1. The minimum Gasteiger partial charge on any atom is -0.411 e. The van der Waals surface area contributed by atoms with Crippen LogP contribution in [-0.2, 0) is 10.4 Å². The number of carbonyl (C=O) groups is 1. The van der Waals surface area contributed by atoms with E-state index in [9.17, 15) is 15.1 Å². The van der Waals surface area contributed by atoms with Gasteiger partial charge in [-0.15, -0.1) is 0 Å². The van der Waals surface area contributed by atoms with Gasteiger partial charge in [-0.25, -0.2) is 0 Å². The minimum atomic E-state index is -1.76. The molecule has 0 aliphatic carbocycles. The van der Waals surface area contributed by atoms with Crippen molar-refractivity contribution in [2.45, 2.75) is 12.0 Å². The molecule has 25 heavy (non-hydrogen) atoms. The van der Waals surface area contributed by atoms with Gasteiger partial charge in [0.05, 0.1) is 5.71 Å². The fourth-order valence-electron chi connectivity index (χ4n) is 3.28. The number of anilines is 1. The predicted octanol–water partition coefficient (Wildman–Crippen LogP) is 3.25. The van der Waals surface area contributed by atoms with Crippen molar-refractivity contribution in [1.29, 1.82) is 0 Å². The van der Waals surface area contributed by atoms with Crippen LogP contribution in [0.3, 0.4) is 0 Å². The molecule has 1 aliphatic rings. The Morgan fingerprint density at radius 1 is 1.00 bits per heavy atom. The number of rotatable bonds is 3. The molecule has 0 spiro atoms. The maximum atomic E-state index is 12.4. The van der Waals surface area contributed by atoms with Gasteiger partial charge in [0.1, 0.15) is 0 Å². The summed E-state index contributed by atoms with van der Waals surface area (Å²) in [6, 6.07) is 20.4. The van der Waals surface area contributed by atoms with E-state index in [0.717, 1.165) is 10.8 Å². The van der Waals surface area contributed by atoms with Gasteiger partial charge >= 0.3 is 0 Å². The number of oxime groups is 1. The first-order chi connectivity index (χ1) is 12.1. The number of hydrogen-bond acceptors (Lipinski definition) is 4. The van der Waals surface area contributed by atoms with Gasteiger partial charge in [0, 0.05) is 23.2 Å². The number of amides is 1. The Labute approximate surface area is 144 Å². The van der Waals surface area contributed by atoms with Gasteiger partial charge < -0.3 is 15.6 Å². The number of carbonyl (C=O) groups excluding carboxylic acids is 1. The third kappa shape index (κ3) is 2.45. The average molecular weight is 332 g/mol. The second-order valence-corrected chi connectivity index (χ2v) is 6.15. The zero-order valence-electron chi connectivity index (χ0n) is 13.3. The monoisotopic (exact) mass is 332 g/mol. The molecule has 1 heterocycles. The second kappa shape index (κ2) is 5.72. The van der Waals surface area contributed by atoms with Crippen molar-refractivity contribution < 1.29 is 15.1 Å². The normalized spacial score (nSPS) is 19.7. The molecular weight excluding hydrogens is 316 g/mol. The average Bonchev–Trinajstić information content (AvgIpc) is 2.90. The maximum Gasteiger partial charge on any atom is 0.261 e. The Kier molecular flexibility index (Phi) is 3.51. The van der Waals surface area contributed by atoms with E-state index in [4.69, 9.17) is 0 Å². The van der Waals surface area contributed by atoms with E-state index < -0.39 is 11.5 Å². The highest BCUT2D eigenvalue weighted by Gasteiger charge is 2.46. The van der Waals surface area contributed by atoms with E-state index in [1.54, 1.807) is 24.3 Å². The van der Waals surface area contributed by atoms with Gasteiger partial charge in [-0.2, -0.15) is 0 Å². The molecule has 5 heteroatoms. The molecule has 1 aliphatic heterocycles. The van der Waals surface area contributed by atoms with E-state index in [0.29, 0.717) is 16.8 Å². The molecule has 0 saturated heterocycles. The van der Waals surface area contributed by atoms with Crippen molar-refractivity contribution >= 4 is 28.1 Å². The molecule has 5 nitrogen and oxygen atoms in total. The molecular formula is C20H16N2O3. The highest BCUT2D eigenvalue weighted by molar-refractivity contribution is 6.11. The fraction of sp³-hybridized carbons (Fsp3) is 0.100. The zero-order chi connectivity index (χ0) is 17.4. The number of benzene rings is 3. The van der Waals surface area contributed by atoms with Crippen LogP contribution in [0.15, 0.2) is 71.9 Å². The summed E-state index contributed by atoms with van der Waals surface area (Å²) in [4.78, 5) is 12.4. The lowest BCUT2D eigenvalue weighted by Crippen LogP contribution is -2.36. The van der Waals surface area contributed by atoms with E-state index in [1.165, 1.54) is 0 Å². The van der Waals surface area contributed by atoms with Gasteiger partial charge in [-0.1, -0.05) is 59.8 Å². The third-order valence-corrected chi connectivity index (χ3v) is 4.62. The van der Waals surface area contributed by atoms with Crippen LogP contribution in [-0.4, -0.2) is 21.9 Å². The summed E-state index contributed by atoms with van der Waals surface area (Å²) in [5.41, 5.74) is 0.212. The number of fused-ring (bicyclic) bond motifs is 2. The molecule has 0 bridgehead atoms. The molecule has 3 aromatic carbocycles. The Morgan fingerprint density at radius 3 is 2.52 bits per heavy atom. The van der Waals surface area contributed by atoms with E-state index in [2.05, 4.69) is 10.5 Å². The molecule has 0 unspecified atom stereocenters. The molecule has 0 saturated carbocycles. The van der Waals surface area contributed by atoms with Gasteiger partial charge in [-0.05, 0) is 22.9 Å². The van der Waals surface area contributed by atoms with Crippen molar-refractivity contribution in [3.05, 3.63) is 77.9 Å². The van der Waals surface area contributed by atoms with Gasteiger partial charge in [0.15, 0.2) is 5.60 Å². The molecule has 3 N–H and O–H groups in total. The lowest BCUT2D eigenvalue weighted by molar-refractivity contribution is -0.132. The van der Waals surface area contributed by atoms with Crippen LogP contribution in [0.4, 0.5) is 5.69 Å². The van der Waals surface area contributed by atoms with Crippen molar-refractivity contribution in [2.24, 2.45) is 5.16 Å². The summed E-state index contributed by atoms with van der Waals surface area (Å²) < 4.78 is 0. The largest absolute Gasteiger partial charge is 0.411 e. The standard InChI is InChI=1S/C20H16N2O3/c23-19-20(24,16-7-3-4-8-17(16)21-19)12-18(22-25)15-10-9-13-5-1-2-6-14(13)11-15/h1-11,24-25H,12H2,(H,21,23)/b22-18-/t20-/m1/s1. The molecule has 4 rings (SSSR count). The van der Waals surface area contributed by atoms with Crippen LogP contribution in [0.25, 0.3) is 10.8 Å². The van der Waals surface area contributed by atoms with Crippen LogP contribution in [0, 0.1) is 0 Å². The van der Waals surface area contributed by atoms with Crippen LogP contribution in [0.1, 0.15) is 17.5 Å². The van der Waals surface area contributed by atoms with Crippen molar-refractivity contribution in [3.8, 4) is 0 Å². The van der Waals surface area contributed by atoms with E-state index >= 15 is 0 Å². The Bertz CT molecular complexity index is 1010. The quantitative estimate of drug-likeness (QED) is 0.391. The highest BCUT2D eigenvalue weighted by Crippen LogP contribution is 2.39. The predicted molar refractivity (Wildman–Crippen MR) is 95.9 cm³/mol. The van der Waals surface area contributed by atoms with Crippen LogP contribution in [0.5, 0.6) is 0 Å². The zero-order valence-corrected chi connectivity index (χ0v) is 13.3. The minimum absolute atomic E-state index is 0.120. The summed E-state index contributed by atoms with van der Waals surface area (Å²) in [6.07, 6.45) is -0.120. The maximum absolute atomic E-state index is 12.4. The number of hydrogen-bond donors (Lipinski definition) is 3.